The highest BCUT2D eigenvalue weighted by molar-refractivity contribution is 6.21. The molecule has 0 amide bonds. The summed E-state index contributed by atoms with van der Waals surface area (Å²) in [5.74, 6) is -0.118. The average molecular weight is 199 g/mol. The van der Waals surface area contributed by atoms with Crippen LogP contribution in [0, 0.1) is 0 Å². The highest BCUT2D eigenvalue weighted by Crippen LogP contribution is 2.21. The van der Waals surface area contributed by atoms with E-state index >= 15 is 0 Å². The molecule has 66 valence electrons. The van der Waals surface area contributed by atoms with Crippen molar-refractivity contribution >= 4 is 23.2 Å². The van der Waals surface area contributed by atoms with Gasteiger partial charge in [0.1, 0.15) is 0 Å². The lowest BCUT2D eigenvalue weighted by Crippen LogP contribution is -2.39. The van der Waals surface area contributed by atoms with Crippen LogP contribution in [0.5, 0.6) is 0 Å². The van der Waals surface area contributed by atoms with Gasteiger partial charge in [0.05, 0.1) is 25.0 Å². The molecule has 0 aliphatic carbocycles. The van der Waals surface area contributed by atoms with Crippen molar-refractivity contribution in [3.8, 4) is 0 Å². The molecular formula is C7H12Cl2O2. The van der Waals surface area contributed by atoms with Crippen LogP contribution in [0.2, 0.25) is 0 Å². The van der Waals surface area contributed by atoms with Crippen molar-refractivity contribution in [2.24, 2.45) is 0 Å². The number of hydrogen-bond donors (Lipinski definition) is 0. The van der Waals surface area contributed by atoms with Gasteiger partial charge in [-0.15, -0.1) is 23.2 Å². The fraction of sp³-hybridized carbons (Fsp3) is 1.00. The van der Waals surface area contributed by atoms with Gasteiger partial charge < -0.3 is 9.47 Å². The molecule has 4 heteroatoms. The lowest BCUT2D eigenvalue weighted by Gasteiger charge is -2.27. The van der Waals surface area contributed by atoms with Crippen LogP contribution in [0.4, 0.5) is 0 Å². The van der Waals surface area contributed by atoms with Gasteiger partial charge in [-0.05, 0) is 12.8 Å². The van der Waals surface area contributed by atoms with Crippen molar-refractivity contribution in [3.05, 3.63) is 0 Å². The monoisotopic (exact) mass is 198 g/mol. The van der Waals surface area contributed by atoms with E-state index in [2.05, 4.69) is 0 Å². The Kier molecular flexibility index (Phi) is 3.93. The molecule has 0 bridgehead atoms. The number of ether oxygens (including phenoxy) is 2. The molecule has 0 radical (unpaired) electrons. The van der Waals surface area contributed by atoms with Crippen LogP contribution in [-0.2, 0) is 9.47 Å². The van der Waals surface area contributed by atoms with Gasteiger partial charge in [0.2, 0.25) is 0 Å². The number of alkyl halides is 2. The van der Waals surface area contributed by atoms with Crippen LogP contribution in [-0.4, -0.2) is 30.8 Å². The van der Waals surface area contributed by atoms with Crippen LogP contribution in [0.25, 0.3) is 0 Å². The predicted octanol–water partition coefficient (Wildman–Crippen LogP) is 1.99. The predicted molar refractivity (Wildman–Crippen MR) is 45.3 cm³/mol. The van der Waals surface area contributed by atoms with Crippen LogP contribution in [0.3, 0.4) is 0 Å². The van der Waals surface area contributed by atoms with Gasteiger partial charge in [0.25, 0.3) is 0 Å². The molecule has 0 spiro atoms. The first-order valence-corrected chi connectivity index (χ1v) is 4.80. The van der Waals surface area contributed by atoms with E-state index in [4.69, 9.17) is 32.7 Å². The Labute approximate surface area is 76.8 Å². The van der Waals surface area contributed by atoms with Crippen LogP contribution in [0.1, 0.15) is 12.8 Å². The highest BCUT2D eigenvalue weighted by Gasteiger charge is 2.31. The first-order chi connectivity index (χ1) is 5.33. The molecule has 0 N–H and O–H groups in total. The SMILES string of the molecule is ClCC1(CCl)OCCCCO1. The second-order valence-corrected chi connectivity index (χ2v) is 3.12. The summed E-state index contributed by atoms with van der Waals surface area (Å²) in [4.78, 5) is 0. The molecule has 1 rings (SSSR count). The zero-order chi connectivity index (χ0) is 8.16. The first kappa shape index (κ1) is 9.59. The molecular weight excluding hydrogens is 187 g/mol. The van der Waals surface area contributed by atoms with Gasteiger partial charge >= 0.3 is 0 Å². The van der Waals surface area contributed by atoms with E-state index in [-0.39, 0.29) is 0 Å². The molecule has 0 atom stereocenters. The Bertz CT molecular complexity index is 105. The third-order valence-electron chi connectivity index (χ3n) is 1.68. The van der Waals surface area contributed by atoms with Crippen LogP contribution in [0.15, 0.2) is 0 Å². The van der Waals surface area contributed by atoms with Gasteiger partial charge in [-0.3, -0.25) is 0 Å². The van der Waals surface area contributed by atoms with Crippen molar-refractivity contribution < 1.29 is 9.47 Å². The van der Waals surface area contributed by atoms with E-state index in [9.17, 15) is 0 Å². The number of halogens is 2. The lowest BCUT2D eigenvalue weighted by atomic mass is 10.3. The van der Waals surface area contributed by atoms with Crippen LogP contribution < -0.4 is 0 Å². The van der Waals surface area contributed by atoms with Crippen LogP contribution >= 0.6 is 23.2 Å². The fourth-order valence-corrected chi connectivity index (χ4v) is 1.55. The summed E-state index contributed by atoms with van der Waals surface area (Å²) in [6, 6.07) is 0. The normalized spacial score (nSPS) is 24.5. The molecule has 1 aliphatic heterocycles. The van der Waals surface area contributed by atoms with Gasteiger partial charge in [0, 0.05) is 0 Å². The Hall–Kier alpha value is 0.500. The maximum atomic E-state index is 5.68. The molecule has 1 aliphatic rings. The Balaban J connectivity index is 2.49. The molecule has 2 nitrogen and oxygen atoms in total. The minimum Gasteiger partial charge on any atom is -0.348 e. The standard InChI is InChI=1S/C7H12Cl2O2/c8-5-7(6-9)10-3-1-2-4-11-7/h1-6H2. The third-order valence-corrected chi connectivity index (χ3v) is 2.49. The molecule has 0 aromatic heterocycles. The zero-order valence-electron chi connectivity index (χ0n) is 6.32. The highest BCUT2D eigenvalue weighted by atomic mass is 35.5. The number of hydrogen-bond acceptors (Lipinski definition) is 2. The lowest BCUT2D eigenvalue weighted by molar-refractivity contribution is -0.193. The Morgan fingerprint density at radius 1 is 1.00 bits per heavy atom. The first-order valence-electron chi connectivity index (χ1n) is 3.73. The number of rotatable bonds is 2. The van der Waals surface area contributed by atoms with Crippen molar-refractivity contribution in [2.45, 2.75) is 18.6 Å². The summed E-state index contributed by atoms with van der Waals surface area (Å²) in [5, 5.41) is 0. The summed E-state index contributed by atoms with van der Waals surface area (Å²) >= 11 is 11.4. The van der Waals surface area contributed by atoms with Gasteiger partial charge in [-0.2, -0.15) is 0 Å². The third kappa shape index (κ3) is 2.48. The molecule has 1 fully saturated rings. The van der Waals surface area contributed by atoms with E-state index in [0.717, 1.165) is 12.8 Å². The van der Waals surface area contributed by atoms with Gasteiger partial charge in [-0.25, -0.2) is 0 Å². The Morgan fingerprint density at radius 2 is 1.45 bits per heavy atom. The minimum absolute atomic E-state index is 0.302. The van der Waals surface area contributed by atoms with Crippen molar-refractivity contribution in [1.29, 1.82) is 0 Å². The second kappa shape index (κ2) is 4.51. The van der Waals surface area contributed by atoms with E-state index in [1.807, 2.05) is 0 Å². The average Bonchev–Trinajstić information content (AvgIpc) is 2.30. The smallest absolute Gasteiger partial charge is 0.195 e. The zero-order valence-corrected chi connectivity index (χ0v) is 7.83. The molecule has 0 unspecified atom stereocenters. The van der Waals surface area contributed by atoms with E-state index < -0.39 is 5.79 Å². The summed E-state index contributed by atoms with van der Waals surface area (Å²) in [7, 11) is 0. The quantitative estimate of drug-likeness (QED) is 0.633. The van der Waals surface area contributed by atoms with Crippen molar-refractivity contribution in [3.63, 3.8) is 0 Å². The summed E-state index contributed by atoms with van der Waals surface area (Å²) in [6.45, 7) is 1.39. The second-order valence-electron chi connectivity index (χ2n) is 2.58. The van der Waals surface area contributed by atoms with E-state index in [1.54, 1.807) is 0 Å². The summed E-state index contributed by atoms with van der Waals surface area (Å²) < 4.78 is 10.8. The molecule has 0 aromatic carbocycles. The maximum absolute atomic E-state index is 5.68. The molecule has 0 aromatic rings. The fourth-order valence-electron chi connectivity index (χ4n) is 0.952. The van der Waals surface area contributed by atoms with Gasteiger partial charge in [0.15, 0.2) is 5.79 Å². The topological polar surface area (TPSA) is 18.5 Å². The maximum Gasteiger partial charge on any atom is 0.195 e. The molecule has 1 heterocycles. The van der Waals surface area contributed by atoms with Crippen molar-refractivity contribution in [1.82, 2.24) is 0 Å². The molecule has 1 saturated heterocycles. The van der Waals surface area contributed by atoms with E-state index in [0.29, 0.717) is 25.0 Å². The molecule has 0 saturated carbocycles. The summed E-state index contributed by atoms with van der Waals surface area (Å²) in [6.07, 6.45) is 2.05. The minimum atomic E-state index is -0.723. The van der Waals surface area contributed by atoms with Gasteiger partial charge in [-0.1, -0.05) is 0 Å². The Morgan fingerprint density at radius 3 is 1.82 bits per heavy atom. The summed E-state index contributed by atoms with van der Waals surface area (Å²) in [5.41, 5.74) is 0. The van der Waals surface area contributed by atoms with Crippen molar-refractivity contribution in [2.75, 3.05) is 25.0 Å². The van der Waals surface area contributed by atoms with E-state index in [1.165, 1.54) is 0 Å². The molecule has 11 heavy (non-hydrogen) atoms. The largest absolute Gasteiger partial charge is 0.348 e.